The second-order valence-electron chi connectivity index (χ2n) is 2.13. The number of methoxy groups -OCH3 is 1. The molecule has 4 heteroatoms. The normalized spacial score (nSPS) is 9.50. The number of hydrogen-bond acceptors (Lipinski definition) is 3. The number of phenols is 1. The standard InChI is InChI=1S/C8H7IO3/c1-12-7-5(8(9)11)3-2-4-6(7)10/h2-4,10H,1H3. The fraction of sp³-hybridized carbons (Fsp3) is 0.125. The first-order chi connectivity index (χ1) is 5.66. The SMILES string of the molecule is COc1c(O)cccc1C(=O)I. The minimum Gasteiger partial charge on any atom is -0.504 e. The molecule has 0 aliphatic rings. The number of phenolic OH excluding ortho intramolecular Hbond substituents is 1. The summed E-state index contributed by atoms with van der Waals surface area (Å²) >= 11 is 1.64. The average molecular weight is 278 g/mol. The minimum absolute atomic E-state index is 0.0139. The lowest BCUT2D eigenvalue weighted by atomic mass is 10.2. The summed E-state index contributed by atoms with van der Waals surface area (Å²) in [6.07, 6.45) is 0. The van der Waals surface area contributed by atoms with E-state index in [-0.39, 0.29) is 15.3 Å². The van der Waals surface area contributed by atoms with Gasteiger partial charge in [-0.2, -0.15) is 0 Å². The van der Waals surface area contributed by atoms with Crippen molar-refractivity contribution in [1.82, 2.24) is 0 Å². The number of para-hydroxylation sites is 1. The van der Waals surface area contributed by atoms with Crippen LogP contribution in [0.3, 0.4) is 0 Å². The van der Waals surface area contributed by atoms with Crippen LogP contribution in [0, 0.1) is 0 Å². The number of carbonyl (C=O) groups excluding carboxylic acids is 1. The van der Waals surface area contributed by atoms with Crippen molar-refractivity contribution in [1.29, 1.82) is 0 Å². The van der Waals surface area contributed by atoms with E-state index in [0.717, 1.165) is 0 Å². The van der Waals surface area contributed by atoms with Gasteiger partial charge in [0, 0.05) is 22.6 Å². The number of hydrogen-bond donors (Lipinski definition) is 1. The lowest BCUT2D eigenvalue weighted by molar-refractivity contribution is 0.110. The smallest absolute Gasteiger partial charge is 0.226 e. The molecule has 0 bridgehead atoms. The predicted octanol–water partition coefficient (Wildman–Crippen LogP) is 1.98. The first kappa shape index (κ1) is 9.31. The first-order valence-electron chi connectivity index (χ1n) is 3.22. The summed E-state index contributed by atoms with van der Waals surface area (Å²) in [6.45, 7) is 0. The number of rotatable bonds is 2. The van der Waals surface area contributed by atoms with Crippen LogP contribution in [0.4, 0.5) is 0 Å². The van der Waals surface area contributed by atoms with Gasteiger partial charge in [-0.3, -0.25) is 4.79 Å². The fourth-order valence-corrected chi connectivity index (χ4v) is 1.32. The van der Waals surface area contributed by atoms with E-state index in [1.165, 1.54) is 13.2 Å². The van der Waals surface area contributed by atoms with Gasteiger partial charge in [0.2, 0.25) is 3.79 Å². The Morgan fingerprint density at radius 2 is 2.25 bits per heavy atom. The van der Waals surface area contributed by atoms with Crippen LogP contribution >= 0.6 is 22.6 Å². The van der Waals surface area contributed by atoms with Crippen molar-refractivity contribution in [3.05, 3.63) is 23.8 Å². The molecule has 0 radical (unpaired) electrons. The molecule has 0 unspecified atom stereocenters. The number of carbonyl (C=O) groups is 1. The molecule has 0 amide bonds. The summed E-state index contributed by atoms with van der Waals surface area (Å²) in [5, 5.41) is 9.26. The third-order valence-electron chi connectivity index (χ3n) is 1.41. The third kappa shape index (κ3) is 1.69. The molecule has 0 aromatic heterocycles. The molecule has 0 aliphatic carbocycles. The molecule has 0 fully saturated rings. The molecule has 64 valence electrons. The van der Waals surface area contributed by atoms with Crippen LogP contribution in [-0.4, -0.2) is 16.0 Å². The Kier molecular flexibility index (Phi) is 2.91. The lowest BCUT2D eigenvalue weighted by Crippen LogP contribution is -1.94. The fourth-order valence-electron chi connectivity index (χ4n) is 0.894. The Morgan fingerprint density at radius 1 is 1.58 bits per heavy atom. The molecule has 0 saturated carbocycles. The molecule has 1 aromatic carbocycles. The second kappa shape index (κ2) is 3.75. The van der Waals surface area contributed by atoms with Crippen LogP contribution < -0.4 is 4.74 Å². The van der Waals surface area contributed by atoms with Crippen molar-refractivity contribution in [2.24, 2.45) is 0 Å². The van der Waals surface area contributed by atoms with Gasteiger partial charge in [0.05, 0.1) is 12.7 Å². The maximum Gasteiger partial charge on any atom is 0.226 e. The van der Waals surface area contributed by atoms with E-state index in [9.17, 15) is 9.90 Å². The van der Waals surface area contributed by atoms with Gasteiger partial charge in [0.25, 0.3) is 0 Å². The monoisotopic (exact) mass is 278 g/mol. The summed E-state index contributed by atoms with van der Waals surface area (Å²) in [4.78, 5) is 11.0. The highest BCUT2D eigenvalue weighted by Gasteiger charge is 2.11. The summed E-state index contributed by atoms with van der Waals surface area (Å²) in [7, 11) is 1.41. The Bertz CT molecular complexity index is 309. The van der Waals surface area contributed by atoms with Crippen molar-refractivity contribution in [2.45, 2.75) is 0 Å². The molecule has 0 heterocycles. The van der Waals surface area contributed by atoms with E-state index < -0.39 is 0 Å². The molecule has 1 N–H and O–H groups in total. The van der Waals surface area contributed by atoms with Crippen molar-refractivity contribution in [3.8, 4) is 11.5 Å². The number of benzene rings is 1. The molecule has 0 saturated heterocycles. The lowest BCUT2D eigenvalue weighted by Gasteiger charge is -2.05. The highest BCUT2D eigenvalue weighted by Crippen LogP contribution is 2.30. The van der Waals surface area contributed by atoms with Crippen LogP contribution in [0.1, 0.15) is 10.4 Å². The van der Waals surface area contributed by atoms with E-state index in [4.69, 9.17) is 4.74 Å². The Balaban J connectivity index is 3.27. The summed E-state index contributed by atoms with van der Waals surface area (Å²) in [6, 6.07) is 4.68. The van der Waals surface area contributed by atoms with Crippen molar-refractivity contribution in [3.63, 3.8) is 0 Å². The number of ether oxygens (including phenoxy) is 1. The second-order valence-corrected chi connectivity index (χ2v) is 3.11. The molecule has 0 spiro atoms. The molecule has 0 atom stereocenters. The predicted molar refractivity (Wildman–Crippen MR) is 53.0 cm³/mol. The molecule has 0 aliphatic heterocycles. The van der Waals surface area contributed by atoms with E-state index in [1.807, 2.05) is 0 Å². The molecule has 12 heavy (non-hydrogen) atoms. The molecule has 1 aromatic rings. The van der Waals surface area contributed by atoms with E-state index >= 15 is 0 Å². The summed E-state index contributed by atoms with van der Waals surface area (Å²) in [5.41, 5.74) is 0.387. The van der Waals surface area contributed by atoms with Gasteiger partial charge in [0.15, 0.2) is 11.5 Å². The molecular formula is C8H7IO3. The van der Waals surface area contributed by atoms with Crippen LogP contribution in [0.15, 0.2) is 18.2 Å². The van der Waals surface area contributed by atoms with Crippen LogP contribution in [-0.2, 0) is 0 Å². The van der Waals surface area contributed by atoms with Crippen molar-refractivity contribution in [2.75, 3.05) is 7.11 Å². The van der Waals surface area contributed by atoms with Gasteiger partial charge < -0.3 is 9.84 Å². The number of halogens is 1. The van der Waals surface area contributed by atoms with Gasteiger partial charge in [-0.1, -0.05) is 6.07 Å². The largest absolute Gasteiger partial charge is 0.504 e. The molecular weight excluding hydrogens is 271 g/mol. The zero-order valence-electron chi connectivity index (χ0n) is 6.37. The van der Waals surface area contributed by atoms with Gasteiger partial charge in [-0.25, -0.2) is 0 Å². The average Bonchev–Trinajstić information content (AvgIpc) is 2.03. The minimum atomic E-state index is -0.152. The molecule has 3 nitrogen and oxygen atoms in total. The van der Waals surface area contributed by atoms with Crippen LogP contribution in [0.2, 0.25) is 0 Å². The quantitative estimate of drug-likeness (QED) is 0.664. The Hall–Kier alpha value is -0.780. The highest BCUT2D eigenvalue weighted by molar-refractivity contribution is 14.1. The van der Waals surface area contributed by atoms with Gasteiger partial charge in [-0.05, 0) is 12.1 Å². The van der Waals surface area contributed by atoms with E-state index in [0.29, 0.717) is 5.56 Å². The van der Waals surface area contributed by atoms with Crippen molar-refractivity contribution < 1.29 is 14.6 Å². The van der Waals surface area contributed by atoms with Gasteiger partial charge in [-0.15, -0.1) is 0 Å². The Morgan fingerprint density at radius 3 is 2.67 bits per heavy atom. The summed E-state index contributed by atoms with van der Waals surface area (Å²) in [5.74, 6) is 0.219. The van der Waals surface area contributed by atoms with Crippen LogP contribution in [0.5, 0.6) is 11.5 Å². The van der Waals surface area contributed by atoms with Gasteiger partial charge in [0.1, 0.15) is 0 Å². The first-order valence-corrected chi connectivity index (χ1v) is 4.30. The topological polar surface area (TPSA) is 46.5 Å². The zero-order valence-corrected chi connectivity index (χ0v) is 8.53. The number of aromatic hydroxyl groups is 1. The maximum absolute atomic E-state index is 11.0. The molecule has 1 rings (SSSR count). The summed E-state index contributed by atoms with van der Waals surface area (Å²) < 4.78 is 4.71. The Labute approximate surface area is 83.5 Å². The van der Waals surface area contributed by atoms with Crippen molar-refractivity contribution >= 4 is 26.4 Å². The van der Waals surface area contributed by atoms with E-state index in [1.54, 1.807) is 34.7 Å². The van der Waals surface area contributed by atoms with Crippen LogP contribution in [0.25, 0.3) is 0 Å². The third-order valence-corrected chi connectivity index (χ3v) is 1.99. The highest BCUT2D eigenvalue weighted by atomic mass is 127. The maximum atomic E-state index is 11.0. The van der Waals surface area contributed by atoms with E-state index in [2.05, 4.69) is 0 Å². The van der Waals surface area contributed by atoms with Gasteiger partial charge >= 0.3 is 0 Å². The zero-order chi connectivity index (χ0) is 9.14.